The van der Waals surface area contributed by atoms with Gasteiger partial charge in [0.1, 0.15) is 0 Å². The summed E-state index contributed by atoms with van der Waals surface area (Å²) >= 11 is 0. The summed E-state index contributed by atoms with van der Waals surface area (Å²) in [4.78, 5) is 24.9. The number of methoxy groups -OCH3 is 1. The van der Waals surface area contributed by atoms with E-state index >= 15 is 0 Å². The number of carbonyl (C=O) groups excluding carboxylic acids is 2. The second-order valence-corrected chi connectivity index (χ2v) is 4.67. The van der Waals surface area contributed by atoms with Gasteiger partial charge in [0.25, 0.3) is 0 Å². The summed E-state index contributed by atoms with van der Waals surface area (Å²) in [6.45, 7) is 4.56. The predicted molar refractivity (Wildman–Crippen MR) is 70.0 cm³/mol. The molecule has 3 N–H and O–H groups in total. The van der Waals surface area contributed by atoms with Crippen LogP contribution < -0.4 is 11.1 Å². The van der Waals surface area contributed by atoms with Gasteiger partial charge in [0.2, 0.25) is 11.8 Å². The second kappa shape index (κ2) is 8.05. The molecule has 0 aliphatic carbocycles. The number of ether oxygens (including phenoxy) is 1. The van der Waals surface area contributed by atoms with Crippen molar-refractivity contribution >= 4 is 11.8 Å². The van der Waals surface area contributed by atoms with Gasteiger partial charge in [-0.15, -0.1) is 0 Å². The van der Waals surface area contributed by atoms with Gasteiger partial charge in [-0.1, -0.05) is 13.3 Å². The molecule has 6 heteroatoms. The van der Waals surface area contributed by atoms with Crippen LogP contribution in [0.3, 0.4) is 0 Å². The Hall–Kier alpha value is -1.14. The lowest BCUT2D eigenvalue weighted by Crippen LogP contribution is -2.53. The number of carbonyl (C=O) groups is 2. The Morgan fingerprint density at radius 1 is 1.44 bits per heavy atom. The van der Waals surface area contributed by atoms with E-state index in [1.165, 1.54) is 4.90 Å². The molecule has 0 aliphatic heterocycles. The number of amides is 2. The zero-order chi connectivity index (χ0) is 14.2. The van der Waals surface area contributed by atoms with E-state index in [1.54, 1.807) is 21.1 Å². The van der Waals surface area contributed by atoms with Gasteiger partial charge in [0.15, 0.2) is 0 Å². The molecule has 0 bridgehead atoms. The number of rotatable bonds is 8. The summed E-state index contributed by atoms with van der Waals surface area (Å²) in [7, 11) is 3.14. The lowest BCUT2D eigenvalue weighted by Gasteiger charge is -2.28. The third kappa shape index (κ3) is 5.97. The van der Waals surface area contributed by atoms with Crippen LogP contribution in [-0.2, 0) is 14.3 Å². The Kier molecular flexibility index (Phi) is 7.54. The van der Waals surface area contributed by atoms with Crippen molar-refractivity contribution in [1.82, 2.24) is 10.2 Å². The van der Waals surface area contributed by atoms with Gasteiger partial charge in [-0.3, -0.25) is 9.59 Å². The summed E-state index contributed by atoms with van der Waals surface area (Å²) in [5.74, 6) is -0.429. The monoisotopic (exact) mass is 259 g/mol. The third-order valence-electron chi connectivity index (χ3n) is 2.61. The molecule has 0 aliphatic rings. The SMILES string of the molecule is CCCC(C)(N)C(=O)N(C)CC(=O)NCCOC. The van der Waals surface area contributed by atoms with Crippen LogP contribution >= 0.6 is 0 Å². The quantitative estimate of drug-likeness (QED) is 0.587. The van der Waals surface area contributed by atoms with Gasteiger partial charge in [0.05, 0.1) is 18.7 Å². The molecule has 0 saturated heterocycles. The predicted octanol–water partition coefficient (Wildman–Crippen LogP) is -0.275. The summed E-state index contributed by atoms with van der Waals surface area (Å²) in [6.07, 6.45) is 1.42. The van der Waals surface area contributed by atoms with Crippen LogP contribution in [0.25, 0.3) is 0 Å². The summed E-state index contributed by atoms with van der Waals surface area (Å²) in [5, 5.41) is 2.65. The van der Waals surface area contributed by atoms with Gasteiger partial charge >= 0.3 is 0 Å². The highest BCUT2D eigenvalue weighted by atomic mass is 16.5. The molecule has 0 aromatic heterocycles. The van der Waals surface area contributed by atoms with Crippen LogP contribution in [0.2, 0.25) is 0 Å². The summed E-state index contributed by atoms with van der Waals surface area (Å²) < 4.78 is 4.82. The zero-order valence-corrected chi connectivity index (χ0v) is 11.8. The molecule has 0 rings (SSSR count). The normalized spacial score (nSPS) is 13.8. The highest BCUT2D eigenvalue weighted by Gasteiger charge is 2.30. The zero-order valence-electron chi connectivity index (χ0n) is 11.8. The van der Waals surface area contributed by atoms with Crippen molar-refractivity contribution in [3.63, 3.8) is 0 Å². The highest BCUT2D eigenvalue weighted by molar-refractivity contribution is 5.89. The maximum Gasteiger partial charge on any atom is 0.242 e. The van der Waals surface area contributed by atoms with E-state index in [0.29, 0.717) is 19.6 Å². The first-order valence-corrected chi connectivity index (χ1v) is 6.15. The topological polar surface area (TPSA) is 84.7 Å². The largest absolute Gasteiger partial charge is 0.383 e. The molecule has 2 amide bonds. The molecular formula is C12H25N3O3. The fourth-order valence-corrected chi connectivity index (χ4v) is 1.70. The first-order valence-electron chi connectivity index (χ1n) is 6.15. The molecule has 1 unspecified atom stereocenters. The number of hydrogen-bond donors (Lipinski definition) is 2. The number of hydrogen-bond acceptors (Lipinski definition) is 4. The maximum absolute atomic E-state index is 12.0. The smallest absolute Gasteiger partial charge is 0.242 e. The van der Waals surface area contributed by atoms with Gasteiger partial charge < -0.3 is 20.7 Å². The van der Waals surface area contributed by atoms with Gasteiger partial charge in [0, 0.05) is 20.7 Å². The Bertz CT molecular complexity index is 280. The average Bonchev–Trinajstić information content (AvgIpc) is 2.28. The van der Waals surface area contributed by atoms with Crippen LogP contribution in [0.4, 0.5) is 0 Å². The Balaban J connectivity index is 4.19. The lowest BCUT2D eigenvalue weighted by molar-refractivity contribution is -0.139. The summed E-state index contributed by atoms with van der Waals surface area (Å²) in [6, 6.07) is 0. The van der Waals surface area contributed by atoms with Crippen molar-refractivity contribution in [1.29, 1.82) is 0 Å². The van der Waals surface area contributed by atoms with Crippen LogP contribution in [0.1, 0.15) is 26.7 Å². The molecule has 1 atom stereocenters. The standard InChI is InChI=1S/C12H25N3O3/c1-5-6-12(2,13)11(17)15(3)9-10(16)14-7-8-18-4/h5-9,13H2,1-4H3,(H,14,16). The van der Waals surface area contributed by atoms with Crippen molar-refractivity contribution in [3.05, 3.63) is 0 Å². The molecule has 18 heavy (non-hydrogen) atoms. The van der Waals surface area contributed by atoms with Gasteiger partial charge in [-0.25, -0.2) is 0 Å². The second-order valence-electron chi connectivity index (χ2n) is 4.67. The average molecular weight is 259 g/mol. The maximum atomic E-state index is 12.0. The van der Waals surface area contributed by atoms with E-state index in [0.717, 1.165) is 6.42 Å². The van der Waals surface area contributed by atoms with Crippen LogP contribution in [-0.4, -0.2) is 56.1 Å². The molecule has 0 aromatic rings. The minimum absolute atomic E-state index is 0.0129. The molecule has 0 fully saturated rings. The molecule has 106 valence electrons. The van der Waals surface area contributed by atoms with E-state index in [2.05, 4.69) is 5.32 Å². The Morgan fingerprint density at radius 3 is 2.56 bits per heavy atom. The van der Waals surface area contributed by atoms with E-state index in [9.17, 15) is 9.59 Å². The van der Waals surface area contributed by atoms with Crippen molar-refractivity contribution in [2.24, 2.45) is 5.73 Å². The minimum Gasteiger partial charge on any atom is -0.383 e. The number of nitrogens with one attached hydrogen (secondary N) is 1. The highest BCUT2D eigenvalue weighted by Crippen LogP contribution is 2.11. The van der Waals surface area contributed by atoms with Crippen molar-refractivity contribution in [2.45, 2.75) is 32.2 Å². The van der Waals surface area contributed by atoms with Crippen molar-refractivity contribution in [2.75, 3.05) is 33.9 Å². The molecular weight excluding hydrogens is 234 g/mol. The van der Waals surface area contributed by atoms with Gasteiger partial charge in [-0.05, 0) is 13.3 Å². The van der Waals surface area contributed by atoms with Gasteiger partial charge in [-0.2, -0.15) is 0 Å². The third-order valence-corrected chi connectivity index (χ3v) is 2.61. The number of nitrogens with two attached hydrogens (primary N) is 1. The molecule has 0 saturated carbocycles. The first-order chi connectivity index (χ1) is 8.35. The molecule has 0 spiro atoms. The Labute approximate surface area is 109 Å². The van der Waals surface area contributed by atoms with Crippen LogP contribution in [0.15, 0.2) is 0 Å². The number of nitrogens with zero attached hydrogens (tertiary/aromatic N) is 1. The minimum atomic E-state index is -0.906. The summed E-state index contributed by atoms with van der Waals surface area (Å²) in [5.41, 5.74) is 5.02. The molecule has 0 aromatic carbocycles. The number of likely N-dealkylation sites (N-methyl/N-ethyl adjacent to an activating group) is 1. The van der Waals surface area contributed by atoms with Crippen molar-refractivity contribution < 1.29 is 14.3 Å². The first kappa shape index (κ1) is 16.9. The van der Waals surface area contributed by atoms with E-state index < -0.39 is 5.54 Å². The van der Waals surface area contributed by atoms with Crippen LogP contribution in [0.5, 0.6) is 0 Å². The molecule has 6 nitrogen and oxygen atoms in total. The fourth-order valence-electron chi connectivity index (χ4n) is 1.70. The Morgan fingerprint density at radius 2 is 2.06 bits per heavy atom. The fraction of sp³-hybridized carbons (Fsp3) is 0.833. The van der Waals surface area contributed by atoms with Crippen LogP contribution in [0, 0.1) is 0 Å². The van der Waals surface area contributed by atoms with E-state index in [-0.39, 0.29) is 18.4 Å². The molecule has 0 heterocycles. The lowest BCUT2D eigenvalue weighted by atomic mass is 9.96. The van der Waals surface area contributed by atoms with E-state index in [4.69, 9.17) is 10.5 Å². The van der Waals surface area contributed by atoms with Crippen molar-refractivity contribution in [3.8, 4) is 0 Å². The van der Waals surface area contributed by atoms with E-state index in [1.807, 2.05) is 6.92 Å². The molecule has 0 radical (unpaired) electrons.